The molecule has 1 aromatic heterocycles. The molecule has 1 amide bonds. The van der Waals surface area contributed by atoms with Gasteiger partial charge in [0.25, 0.3) is 0 Å². The van der Waals surface area contributed by atoms with E-state index in [9.17, 15) is 35.2 Å². The highest BCUT2D eigenvalue weighted by Crippen LogP contribution is 2.46. The molecule has 0 saturated carbocycles. The number of benzene rings is 2. The van der Waals surface area contributed by atoms with Gasteiger partial charge in [0.2, 0.25) is 15.9 Å². The molecule has 0 aliphatic heterocycles. The lowest BCUT2D eigenvalue weighted by molar-refractivity contribution is -0.190. The number of nitrogens with zero attached hydrogens (tertiary/aromatic N) is 1. The predicted octanol–water partition coefficient (Wildman–Crippen LogP) is 4.77. The third-order valence-corrected chi connectivity index (χ3v) is 6.27. The van der Waals surface area contributed by atoms with Gasteiger partial charge in [0, 0.05) is 18.0 Å². The molecule has 0 aliphatic rings. The van der Waals surface area contributed by atoms with E-state index in [1.54, 1.807) is 0 Å². The zero-order valence-electron chi connectivity index (χ0n) is 19.3. The Morgan fingerprint density at radius 1 is 1.03 bits per heavy atom. The van der Waals surface area contributed by atoms with Gasteiger partial charge >= 0.3 is 6.18 Å². The fourth-order valence-corrected chi connectivity index (χ4v) is 4.37. The number of rotatable bonds is 7. The standard InChI is InChI=1S/C24H22F5N3O3S/c1-14(16-9-10-21(20(26)12-16)32-36(3,34)35)22(33)31-23(24(27,28)29,17-6-5-11-30-13-17)18-7-4-8-19(25)15(18)2/h4-14,32H,1-3H3,(H,31,33). The number of halogens is 5. The molecule has 0 fully saturated rings. The molecule has 6 nitrogen and oxygen atoms in total. The summed E-state index contributed by atoms with van der Waals surface area (Å²) in [6, 6.07) is 8.66. The molecule has 192 valence electrons. The minimum atomic E-state index is -5.14. The second kappa shape index (κ2) is 9.84. The Hall–Kier alpha value is -3.54. The molecule has 0 bridgehead atoms. The number of hydrogen-bond acceptors (Lipinski definition) is 4. The first-order valence-electron chi connectivity index (χ1n) is 10.5. The lowest BCUT2D eigenvalue weighted by atomic mass is 9.79. The maximum atomic E-state index is 14.9. The minimum absolute atomic E-state index is 0.0118. The van der Waals surface area contributed by atoms with Crippen LogP contribution < -0.4 is 10.0 Å². The summed E-state index contributed by atoms with van der Waals surface area (Å²) >= 11 is 0. The van der Waals surface area contributed by atoms with E-state index in [0.717, 1.165) is 48.9 Å². The van der Waals surface area contributed by atoms with Crippen molar-refractivity contribution in [3.8, 4) is 0 Å². The molecule has 36 heavy (non-hydrogen) atoms. The molecule has 0 spiro atoms. The summed E-state index contributed by atoms with van der Waals surface area (Å²) in [5.41, 5.74) is -4.89. The Labute approximate surface area is 204 Å². The van der Waals surface area contributed by atoms with Crippen LogP contribution in [0.5, 0.6) is 0 Å². The van der Waals surface area contributed by atoms with Gasteiger partial charge in [-0.3, -0.25) is 14.5 Å². The molecule has 3 rings (SSSR count). The molecule has 2 atom stereocenters. The average molecular weight is 528 g/mol. The summed E-state index contributed by atoms with van der Waals surface area (Å²) in [5.74, 6) is -4.36. The zero-order chi connectivity index (χ0) is 26.9. The molecule has 2 unspecified atom stereocenters. The van der Waals surface area contributed by atoms with E-state index in [0.29, 0.717) is 0 Å². The van der Waals surface area contributed by atoms with Gasteiger partial charge in [-0.05, 0) is 54.8 Å². The van der Waals surface area contributed by atoms with Gasteiger partial charge < -0.3 is 5.32 Å². The van der Waals surface area contributed by atoms with Gasteiger partial charge in [-0.25, -0.2) is 17.2 Å². The van der Waals surface area contributed by atoms with Crippen molar-refractivity contribution in [2.45, 2.75) is 31.5 Å². The fraction of sp³-hybridized carbons (Fsp3) is 0.250. The normalized spacial score (nSPS) is 14.6. The molecule has 12 heteroatoms. The van der Waals surface area contributed by atoms with Gasteiger partial charge in [0.15, 0.2) is 5.54 Å². The first-order chi connectivity index (χ1) is 16.7. The molecule has 2 N–H and O–H groups in total. The smallest absolute Gasteiger partial charge is 0.334 e. The Morgan fingerprint density at radius 3 is 2.28 bits per heavy atom. The highest BCUT2D eigenvalue weighted by Gasteiger charge is 2.59. The van der Waals surface area contributed by atoms with Crippen LogP contribution in [0.2, 0.25) is 0 Å². The van der Waals surface area contributed by atoms with Crippen LogP contribution in [-0.4, -0.2) is 31.7 Å². The first-order valence-corrected chi connectivity index (χ1v) is 12.4. The first kappa shape index (κ1) is 27.1. The van der Waals surface area contributed by atoms with Crippen LogP contribution in [0.1, 0.15) is 35.1 Å². The highest BCUT2D eigenvalue weighted by atomic mass is 32.2. The number of pyridine rings is 1. The van der Waals surface area contributed by atoms with Gasteiger partial charge in [-0.1, -0.05) is 24.3 Å². The number of alkyl halides is 3. The molecular weight excluding hydrogens is 505 g/mol. The number of hydrogen-bond donors (Lipinski definition) is 2. The summed E-state index contributed by atoms with van der Waals surface area (Å²) in [7, 11) is -3.79. The summed E-state index contributed by atoms with van der Waals surface area (Å²) in [5, 5.41) is 2.04. The van der Waals surface area contributed by atoms with Gasteiger partial charge in [0.05, 0.1) is 17.9 Å². The summed E-state index contributed by atoms with van der Waals surface area (Å²) in [6.07, 6.45) is -2.14. The van der Waals surface area contributed by atoms with Crippen LogP contribution in [0.4, 0.5) is 27.6 Å². The summed E-state index contributed by atoms with van der Waals surface area (Å²) in [4.78, 5) is 17.0. The molecule has 1 heterocycles. The Morgan fingerprint density at radius 2 is 1.72 bits per heavy atom. The average Bonchev–Trinajstić information content (AvgIpc) is 2.79. The Kier molecular flexibility index (Phi) is 7.40. The van der Waals surface area contributed by atoms with Crippen molar-refractivity contribution in [3.05, 3.63) is 94.8 Å². The third kappa shape index (κ3) is 5.32. The van der Waals surface area contributed by atoms with Crippen molar-refractivity contribution in [3.63, 3.8) is 0 Å². The lowest BCUT2D eigenvalue weighted by Crippen LogP contribution is -2.58. The van der Waals surface area contributed by atoms with Gasteiger partial charge in [-0.15, -0.1) is 0 Å². The lowest BCUT2D eigenvalue weighted by Gasteiger charge is -2.39. The van der Waals surface area contributed by atoms with Crippen LogP contribution in [-0.2, 0) is 20.4 Å². The van der Waals surface area contributed by atoms with Crippen molar-refractivity contribution in [2.24, 2.45) is 0 Å². The van der Waals surface area contributed by atoms with Crippen molar-refractivity contribution in [2.75, 3.05) is 11.0 Å². The number of amides is 1. The van der Waals surface area contributed by atoms with E-state index in [1.807, 2.05) is 10.0 Å². The monoisotopic (exact) mass is 527 g/mol. The Balaban J connectivity index is 2.11. The second-order valence-electron chi connectivity index (χ2n) is 8.23. The van der Waals surface area contributed by atoms with Gasteiger partial charge in [-0.2, -0.15) is 13.2 Å². The van der Waals surface area contributed by atoms with Crippen LogP contribution in [0.25, 0.3) is 0 Å². The van der Waals surface area contributed by atoms with Crippen LogP contribution in [0.15, 0.2) is 60.9 Å². The van der Waals surface area contributed by atoms with Crippen molar-refractivity contribution in [1.29, 1.82) is 0 Å². The molecular formula is C24H22F5N3O3S. The largest absolute Gasteiger partial charge is 0.420 e. The quantitative estimate of drug-likeness (QED) is 0.434. The molecule has 0 radical (unpaired) electrons. The second-order valence-corrected chi connectivity index (χ2v) is 9.97. The number of aromatic nitrogens is 1. The maximum Gasteiger partial charge on any atom is 0.420 e. The predicted molar refractivity (Wildman–Crippen MR) is 124 cm³/mol. The van der Waals surface area contributed by atoms with Crippen molar-refractivity contribution in [1.82, 2.24) is 10.3 Å². The van der Waals surface area contributed by atoms with Crippen molar-refractivity contribution >= 4 is 21.6 Å². The van der Waals surface area contributed by atoms with E-state index in [4.69, 9.17) is 0 Å². The highest BCUT2D eigenvalue weighted by molar-refractivity contribution is 7.92. The molecule has 3 aromatic rings. The van der Waals surface area contributed by atoms with Crippen LogP contribution in [0.3, 0.4) is 0 Å². The zero-order valence-corrected chi connectivity index (χ0v) is 20.1. The molecule has 0 aliphatic carbocycles. The number of anilines is 1. The Bertz CT molecular complexity index is 1380. The van der Waals surface area contributed by atoms with E-state index in [2.05, 4.69) is 4.98 Å². The third-order valence-electron chi connectivity index (χ3n) is 5.68. The van der Waals surface area contributed by atoms with E-state index >= 15 is 0 Å². The van der Waals surface area contributed by atoms with Crippen LogP contribution >= 0.6 is 0 Å². The summed E-state index contributed by atoms with van der Waals surface area (Å²) in [6.45, 7) is 2.43. The number of sulfonamides is 1. The fourth-order valence-electron chi connectivity index (χ4n) is 3.81. The molecule has 0 saturated heterocycles. The topological polar surface area (TPSA) is 88.2 Å². The number of carbonyl (C=O) groups is 1. The maximum absolute atomic E-state index is 14.9. The number of nitrogens with one attached hydrogen (secondary N) is 2. The molecule has 2 aromatic carbocycles. The number of carbonyl (C=O) groups excluding carboxylic acids is 1. The van der Waals surface area contributed by atoms with Crippen LogP contribution in [0, 0.1) is 18.6 Å². The van der Waals surface area contributed by atoms with E-state index in [1.165, 1.54) is 32.2 Å². The minimum Gasteiger partial charge on any atom is -0.334 e. The van der Waals surface area contributed by atoms with Crippen molar-refractivity contribution < 1.29 is 35.2 Å². The summed E-state index contributed by atoms with van der Waals surface area (Å²) < 4.78 is 98.2. The van der Waals surface area contributed by atoms with E-state index < -0.39 is 56.3 Å². The van der Waals surface area contributed by atoms with E-state index in [-0.39, 0.29) is 16.8 Å². The van der Waals surface area contributed by atoms with Gasteiger partial charge in [0.1, 0.15) is 11.6 Å². The SMILES string of the molecule is Cc1c(F)cccc1C(NC(=O)C(C)c1ccc(NS(C)(=O)=O)c(F)c1)(c1cccnc1)C(F)(F)F.